The lowest BCUT2D eigenvalue weighted by Crippen LogP contribution is -2.16. The van der Waals surface area contributed by atoms with Crippen molar-refractivity contribution < 1.29 is 23.8 Å². The Morgan fingerprint density at radius 2 is 1.67 bits per heavy atom. The summed E-state index contributed by atoms with van der Waals surface area (Å²) in [5.74, 6) is 0.747. The van der Waals surface area contributed by atoms with E-state index in [1.54, 1.807) is 12.1 Å². The lowest BCUT2D eigenvalue weighted by Gasteiger charge is -2.18. The number of aryl methyl sites for hydroxylation is 1. The molecular formula is C27H29NO5. The van der Waals surface area contributed by atoms with E-state index in [1.165, 1.54) is 0 Å². The molecule has 0 spiro atoms. The van der Waals surface area contributed by atoms with Gasteiger partial charge in [0.15, 0.2) is 18.1 Å². The molecule has 0 unspecified atom stereocenters. The molecule has 0 bridgehead atoms. The lowest BCUT2D eigenvalue weighted by molar-refractivity contribution is 0.0474. The Labute approximate surface area is 194 Å². The van der Waals surface area contributed by atoms with Crippen molar-refractivity contribution in [3.8, 4) is 11.5 Å². The van der Waals surface area contributed by atoms with E-state index >= 15 is 0 Å². The standard InChI is InChI=1S/C27H29NO5/c1-17-12-22(18(2)28(17)14-19-6-11-24-25(13-19)33-16-32-24)23(29)15-31-26(30)20-7-9-21(10-8-20)27(3,4)5/h6-13H,14-16H2,1-5H3. The van der Waals surface area contributed by atoms with Crippen LogP contribution in [0.4, 0.5) is 0 Å². The Balaban J connectivity index is 1.42. The largest absolute Gasteiger partial charge is 0.454 e. The van der Waals surface area contributed by atoms with Gasteiger partial charge in [-0.2, -0.15) is 0 Å². The van der Waals surface area contributed by atoms with Gasteiger partial charge in [0, 0.05) is 23.5 Å². The number of hydrogen-bond acceptors (Lipinski definition) is 5. The number of Topliss-reactive ketones (excluding diaryl/α,β-unsaturated/α-hetero) is 1. The molecule has 0 aliphatic carbocycles. The van der Waals surface area contributed by atoms with Crippen molar-refractivity contribution in [2.45, 2.75) is 46.6 Å². The first-order valence-corrected chi connectivity index (χ1v) is 11.0. The van der Waals surface area contributed by atoms with Crippen molar-refractivity contribution in [2.75, 3.05) is 13.4 Å². The van der Waals surface area contributed by atoms with Gasteiger partial charge >= 0.3 is 5.97 Å². The van der Waals surface area contributed by atoms with Gasteiger partial charge in [-0.3, -0.25) is 4.79 Å². The third-order valence-corrected chi connectivity index (χ3v) is 5.97. The molecule has 1 aromatic heterocycles. The highest BCUT2D eigenvalue weighted by molar-refractivity contribution is 6.00. The zero-order chi connectivity index (χ0) is 23.8. The number of fused-ring (bicyclic) bond motifs is 1. The van der Waals surface area contributed by atoms with Crippen molar-refractivity contribution in [3.05, 3.63) is 82.2 Å². The molecule has 2 heterocycles. The average Bonchev–Trinajstić information content (AvgIpc) is 3.36. The number of nitrogens with zero attached hydrogens (tertiary/aromatic N) is 1. The van der Waals surface area contributed by atoms with Gasteiger partial charge in [-0.05, 0) is 60.7 Å². The Bertz CT molecular complexity index is 1200. The molecule has 0 radical (unpaired) electrons. The van der Waals surface area contributed by atoms with E-state index in [-0.39, 0.29) is 24.6 Å². The van der Waals surface area contributed by atoms with E-state index in [2.05, 4.69) is 25.3 Å². The van der Waals surface area contributed by atoms with E-state index in [4.69, 9.17) is 14.2 Å². The van der Waals surface area contributed by atoms with E-state index in [0.29, 0.717) is 17.7 Å². The van der Waals surface area contributed by atoms with Crippen LogP contribution in [0.25, 0.3) is 0 Å². The fourth-order valence-electron chi connectivity index (χ4n) is 3.95. The number of benzene rings is 2. The lowest BCUT2D eigenvalue weighted by atomic mass is 9.87. The van der Waals surface area contributed by atoms with Gasteiger partial charge in [-0.1, -0.05) is 39.0 Å². The van der Waals surface area contributed by atoms with Crippen LogP contribution in [-0.4, -0.2) is 29.7 Å². The highest BCUT2D eigenvalue weighted by atomic mass is 16.7. The van der Waals surface area contributed by atoms with E-state index < -0.39 is 5.97 Å². The van der Waals surface area contributed by atoms with Gasteiger partial charge in [-0.25, -0.2) is 4.79 Å². The number of carbonyl (C=O) groups is 2. The smallest absolute Gasteiger partial charge is 0.338 e. The number of esters is 1. The van der Waals surface area contributed by atoms with Crippen LogP contribution in [0.1, 0.15) is 64.0 Å². The number of ether oxygens (including phenoxy) is 3. The number of rotatable bonds is 6. The minimum Gasteiger partial charge on any atom is -0.454 e. The van der Waals surface area contributed by atoms with Crippen LogP contribution in [0.15, 0.2) is 48.5 Å². The second kappa shape index (κ2) is 8.77. The fourth-order valence-corrected chi connectivity index (χ4v) is 3.95. The SMILES string of the molecule is Cc1cc(C(=O)COC(=O)c2ccc(C(C)(C)C)cc2)c(C)n1Cc1ccc2c(c1)OCO2. The van der Waals surface area contributed by atoms with Gasteiger partial charge in [-0.15, -0.1) is 0 Å². The molecule has 4 rings (SSSR count). The fraction of sp³-hybridized carbons (Fsp3) is 0.333. The molecule has 33 heavy (non-hydrogen) atoms. The summed E-state index contributed by atoms with van der Waals surface area (Å²) in [5.41, 5.74) is 4.96. The first kappa shape index (κ1) is 22.6. The Morgan fingerprint density at radius 1 is 0.970 bits per heavy atom. The van der Waals surface area contributed by atoms with E-state index in [9.17, 15) is 9.59 Å². The van der Waals surface area contributed by atoms with Gasteiger partial charge in [0.1, 0.15) is 0 Å². The number of hydrogen-bond donors (Lipinski definition) is 0. The molecule has 0 saturated heterocycles. The van der Waals surface area contributed by atoms with Crippen LogP contribution in [0, 0.1) is 13.8 Å². The predicted octanol–water partition coefficient (Wildman–Crippen LogP) is 5.22. The third-order valence-electron chi connectivity index (χ3n) is 5.97. The van der Waals surface area contributed by atoms with Crippen molar-refractivity contribution >= 4 is 11.8 Å². The number of ketones is 1. The summed E-state index contributed by atoms with van der Waals surface area (Å²) in [5, 5.41) is 0. The van der Waals surface area contributed by atoms with Crippen LogP contribution < -0.4 is 9.47 Å². The zero-order valence-corrected chi connectivity index (χ0v) is 19.7. The van der Waals surface area contributed by atoms with Crippen LogP contribution in [-0.2, 0) is 16.7 Å². The van der Waals surface area contributed by atoms with E-state index in [0.717, 1.165) is 34.0 Å². The second-order valence-corrected chi connectivity index (χ2v) is 9.39. The molecule has 2 aromatic carbocycles. The molecule has 6 heteroatoms. The summed E-state index contributed by atoms with van der Waals surface area (Å²) in [6.07, 6.45) is 0. The Morgan fingerprint density at radius 3 is 2.36 bits per heavy atom. The summed E-state index contributed by atoms with van der Waals surface area (Å²) >= 11 is 0. The van der Waals surface area contributed by atoms with Crippen LogP contribution in [0.2, 0.25) is 0 Å². The summed E-state index contributed by atoms with van der Waals surface area (Å²) in [4.78, 5) is 25.3. The molecule has 0 fully saturated rings. The molecule has 172 valence electrons. The van der Waals surface area contributed by atoms with Gasteiger partial charge < -0.3 is 18.8 Å². The summed E-state index contributed by atoms with van der Waals surface area (Å²) < 4.78 is 18.2. The van der Waals surface area contributed by atoms with Crippen molar-refractivity contribution in [2.24, 2.45) is 0 Å². The number of aromatic nitrogens is 1. The quantitative estimate of drug-likeness (QED) is 0.383. The van der Waals surface area contributed by atoms with Crippen molar-refractivity contribution in [1.29, 1.82) is 0 Å². The topological polar surface area (TPSA) is 66.8 Å². The molecule has 0 saturated carbocycles. The second-order valence-electron chi connectivity index (χ2n) is 9.39. The predicted molar refractivity (Wildman–Crippen MR) is 125 cm³/mol. The Hall–Kier alpha value is -3.54. The molecule has 0 N–H and O–H groups in total. The minimum atomic E-state index is -0.502. The first-order valence-electron chi connectivity index (χ1n) is 11.0. The average molecular weight is 448 g/mol. The van der Waals surface area contributed by atoms with Gasteiger partial charge in [0.05, 0.1) is 5.56 Å². The molecule has 3 aromatic rings. The highest BCUT2D eigenvalue weighted by Crippen LogP contribution is 2.33. The van der Waals surface area contributed by atoms with Crippen LogP contribution in [0.5, 0.6) is 11.5 Å². The number of carbonyl (C=O) groups excluding carboxylic acids is 2. The maximum atomic E-state index is 12.8. The van der Waals surface area contributed by atoms with Crippen molar-refractivity contribution in [1.82, 2.24) is 4.57 Å². The molecule has 1 aliphatic heterocycles. The molecule has 6 nitrogen and oxygen atoms in total. The minimum absolute atomic E-state index is 0.00153. The molecule has 1 aliphatic rings. The highest BCUT2D eigenvalue weighted by Gasteiger charge is 2.20. The summed E-state index contributed by atoms with van der Waals surface area (Å²) in [6, 6.07) is 15.0. The maximum Gasteiger partial charge on any atom is 0.338 e. The summed E-state index contributed by atoms with van der Waals surface area (Å²) in [7, 11) is 0. The molecule has 0 amide bonds. The third kappa shape index (κ3) is 4.80. The van der Waals surface area contributed by atoms with Crippen LogP contribution >= 0.6 is 0 Å². The normalized spacial score (nSPS) is 12.6. The molecular weight excluding hydrogens is 418 g/mol. The van der Waals surface area contributed by atoms with E-state index in [1.807, 2.05) is 50.2 Å². The zero-order valence-electron chi connectivity index (χ0n) is 19.7. The van der Waals surface area contributed by atoms with Crippen molar-refractivity contribution in [3.63, 3.8) is 0 Å². The monoisotopic (exact) mass is 447 g/mol. The maximum absolute atomic E-state index is 12.8. The summed E-state index contributed by atoms with van der Waals surface area (Å²) in [6.45, 7) is 10.7. The van der Waals surface area contributed by atoms with Crippen LogP contribution in [0.3, 0.4) is 0 Å². The molecule has 0 atom stereocenters. The Kier molecular flexibility index (Phi) is 6.02. The van der Waals surface area contributed by atoms with Gasteiger partial charge in [0.25, 0.3) is 0 Å². The first-order chi connectivity index (χ1) is 15.6. The van der Waals surface area contributed by atoms with Gasteiger partial charge in [0.2, 0.25) is 12.6 Å².